The topological polar surface area (TPSA) is 106 Å². The van der Waals surface area contributed by atoms with E-state index in [0.29, 0.717) is 25.8 Å². The number of imidazole rings is 1. The highest BCUT2D eigenvalue weighted by Crippen LogP contribution is 2.30. The summed E-state index contributed by atoms with van der Waals surface area (Å²) in [5.41, 5.74) is 1.54. The van der Waals surface area contributed by atoms with Crippen LogP contribution in [-0.2, 0) is 16.0 Å². The fourth-order valence-electron chi connectivity index (χ4n) is 3.19. The van der Waals surface area contributed by atoms with Gasteiger partial charge >= 0.3 is 11.7 Å². The largest absolute Gasteiger partial charge is 0.481 e. The Bertz CT molecular complexity index is 838. The second kappa shape index (κ2) is 6.14. The number of amides is 1. The van der Waals surface area contributed by atoms with E-state index in [0.717, 1.165) is 23.0 Å². The van der Waals surface area contributed by atoms with Crippen LogP contribution >= 0.6 is 0 Å². The maximum atomic E-state index is 12.2. The molecule has 1 saturated heterocycles. The van der Waals surface area contributed by atoms with E-state index in [2.05, 4.69) is 9.97 Å². The lowest BCUT2D eigenvalue weighted by atomic mass is 9.90. The van der Waals surface area contributed by atoms with E-state index >= 15 is 0 Å². The predicted molar refractivity (Wildman–Crippen MR) is 88.8 cm³/mol. The van der Waals surface area contributed by atoms with Crippen molar-refractivity contribution >= 4 is 22.9 Å². The van der Waals surface area contributed by atoms with Crippen molar-refractivity contribution in [2.45, 2.75) is 32.6 Å². The van der Waals surface area contributed by atoms with Gasteiger partial charge in [-0.15, -0.1) is 0 Å². The Kier molecular flexibility index (Phi) is 4.17. The summed E-state index contributed by atoms with van der Waals surface area (Å²) in [4.78, 5) is 41.8. The first-order valence-corrected chi connectivity index (χ1v) is 8.09. The van der Waals surface area contributed by atoms with E-state index in [4.69, 9.17) is 0 Å². The van der Waals surface area contributed by atoms with Crippen molar-refractivity contribution in [1.82, 2.24) is 14.9 Å². The number of aromatic amines is 2. The van der Waals surface area contributed by atoms with E-state index in [1.807, 2.05) is 18.2 Å². The molecule has 3 N–H and O–H groups in total. The summed E-state index contributed by atoms with van der Waals surface area (Å²) < 4.78 is 0. The molecule has 0 aliphatic carbocycles. The average molecular weight is 331 g/mol. The number of H-pyrrole nitrogens is 2. The SMILES string of the molecule is CC1(C(=O)O)CCN(C(=O)CCCc2ccc3[nH]c(=O)[nH]c3c2)C1. The normalized spacial score (nSPS) is 20.6. The highest BCUT2D eigenvalue weighted by atomic mass is 16.4. The molecule has 0 saturated carbocycles. The number of likely N-dealkylation sites (tertiary alicyclic amines) is 1. The maximum Gasteiger partial charge on any atom is 0.323 e. The van der Waals surface area contributed by atoms with Gasteiger partial charge in [0.15, 0.2) is 0 Å². The Morgan fingerprint density at radius 1 is 1.29 bits per heavy atom. The van der Waals surface area contributed by atoms with Gasteiger partial charge in [-0.3, -0.25) is 9.59 Å². The van der Waals surface area contributed by atoms with Gasteiger partial charge < -0.3 is 20.0 Å². The van der Waals surface area contributed by atoms with Crippen LogP contribution in [0.3, 0.4) is 0 Å². The van der Waals surface area contributed by atoms with Crippen molar-refractivity contribution in [2.24, 2.45) is 5.41 Å². The first kappa shape index (κ1) is 16.3. The second-order valence-electron chi connectivity index (χ2n) is 6.74. The molecule has 3 rings (SSSR count). The highest BCUT2D eigenvalue weighted by molar-refractivity contribution is 5.80. The number of carbonyl (C=O) groups excluding carboxylic acids is 1. The van der Waals surface area contributed by atoms with Crippen molar-refractivity contribution in [3.05, 3.63) is 34.2 Å². The molecule has 128 valence electrons. The molecule has 0 radical (unpaired) electrons. The lowest BCUT2D eigenvalue weighted by Crippen LogP contribution is -2.34. The van der Waals surface area contributed by atoms with E-state index in [1.165, 1.54) is 0 Å². The molecule has 0 spiro atoms. The van der Waals surface area contributed by atoms with Gasteiger partial charge in [0.25, 0.3) is 0 Å². The number of aryl methyl sites for hydroxylation is 1. The zero-order valence-corrected chi connectivity index (χ0v) is 13.6. The number of carboxylic acids is 1. The molecule has 1 amide bonds. The summed E-state index contributed by atoms with van der Waals surface area (Å²) in [6, 6.07) is 5.70. The summed E-state index contributed by atoms with van der Waals surface area (Å²) in [6.07, 6.45) is 2.33. The number of aliphatic carboxylic acids is 1. The van der Waals surface area contributed by atoms with Crippen LogP contribution in [0.5, 0.6) is 0 Å². The number of nitrogens with one attached hydrogen (secondary N) is 2. The van der Waals surface area contributed by atoms with Gasteiger partial charge in [0.1, 0.15) is 0 Å². The summed E-state index contributed by atoms with van der Waals surface area (Å²) in [6.45, 7) is 2.49. The van der Waals surface area contributed by atoms with E-state index in [-0.39, 0.29) is 18.1 Å². The molecule has 1 fully saturated rings. The van der Waals surface area contributed by atoms with Crippen LogP contribution in [0.4, 0.5) is 0 Å². The van der Waals surface area contributed by atoms with Crippen molar-refractivity contribution in [3.8, 4) is 0 Å². The molecule has 1 aromatic heterocycles. The molecule has 0 bridgehead atoms. The Morgan fingerprint density at radius 2 is 2.04 bits per heavy atom. The second-order valence-corrected chi connectivity index (χ2v) is 6.74. The van der Waals surface area contributed by atoms with Gasteiger partial charge in [0.05, 0.1) is 16.4 Å². The van der Waals surface area contributed by atoms with Crippen LogP contribution in [0.2, 0.25) is 0 Å². The first-order chi connectivity index (χ1) is 11.4. The van der Waals surface area contributed by atoms with Gasteiger partial charge in [0, 0.05) is 19.5 Å². The summed E-state index contributed by atoms with van der Waals surface area (Å²) in [5.74, 6) is -0.831. The van der Waals surface area contributed by atoms with Crippen LogP contribution in [0.15, 0.2) is 23.0 Å². The quantitative estimate of drug-likeness (QED) is 0.772. The zero-order valence-electron chi connectivity index (χ0n) is 13.6. The molecule has 1 aliphatic heterocycles. The third kappa shape index (κ3) is 3.20. The molecule has 1 atom stereocenters. The smallest absolute Gasteiger partial charge is 0.323 e. The van der Waals surface area contributed by atoms with Gasteiger partial charge in [-0.25, -0.2) is 4.79 Å². The van der Waals surface area contributed by atoms with Crippen molar-refractivity contribution < 1.29 is 14.7 Å². The number of aromatic nitrogens is 2. The number of fused-ring (bicyclic) bond motifs is 1. The van der Waals surface area contributed by atoms with Crippen molar-refractivity contribution in [1.29, 1.82) is 0 Å². The molecule has 24 heavy (non-hydrogen) atoms. The summed E-state index contributed by atoms with van der Waals surface area (Å²) >= 11 is 0. The Hall–Kier alpha value is -2.57. The molecular weight excluding hydrogens is 310 g/mol. The highest BCUT2D eigenvalue weighted by Gasteiger charge is 2.41. The van der Waals surface area contributed by atoms with Gasteiger partial charge in [0.2, 0.25) is 5.91 Å². The van der Waals surface area contributed by atoms with Gasteiger partial charge in [-0.05, 0) is 43.9 Å². The van der Waals surface area contributed by atoms with Crippen LogP contribution < -0.4 is 5.69 Å². The number of hydrogen-bond acceptors (Lipinski definition) is 3. The monoisotopic (exact) mass is 331 g/mol. The summed E-state index contributed by atoms with van der Waals surface area (Å²) in [7, 11) is 0. The first-order valence-electron chi connectivity index (χ1n) is 8.09. The minimum atomic E-state index is -0.841. The molecule has 2 aromatic rings. The van der Waals surface area contributed by atoms with Crippen LogP contribution in [0.25, 0.3) is 11.0 Å². The zero-order chi connectivity index (χ0) is 17.3. The molecule has 1 aromatic carbocycles. The number of carbonyl (C=O) groups is 2. The Morgan fingerprint density at radius 3 is 2.75 bits per heavy atom. The third-order valence-corrected chi connectivity index (χ3v) is 4.78. The molecule has 1 unspecified atom stereocenters. The summed E-state index contributed by atoms with van der Waals surface area (Å²) in [5, 5.41) is 9.22. The number of nitrogens with zero attached hydrogens (tertiary/aromatic N) is 1. The molecule has 2 heterocycles. The van der Waals surface area contributed by atoms with Crippen LogP contribution in [0.1, 0.15) is 31.7 Å². The third-order valence-electron chi connectivity index (χ3n) is 4.78. The standard InChI is InChI=1S/C17H21N3O4/c1-17(15(22)23)7-8-20(10-17)14(21)4-2-3-11-5-6-12-13(9-11)19-16(24)18-12/h5-6,9H,2-4,7-8,10H2,1H3,(H,22,23)(H2,18,19,24). The van der Waals surface area contributed by atoms with Crippen molar-refractivity contribution in [3.63, 3.8) is 0 Å². The number of rotatable bonds is 5. The fraction of sp³-hybridized carbons (Fsp3) is 0.471. The van der Waals surface area contributed by atoms with Gasteiger partial charge in [-0.2, -0.15) is 0 Å². The lowest BCUT2D eigenvalue weighted by molar-refractivity contribution is -0.147. The predicted octanol–water partition coefficient (Wildman–Crippen LogP) is 1.50. The molecule has 7 heteroatoms. The number of benzene rings is 1. The van der Waals surface area contributed by atoms with E-state index < -0.39 is 11.4 Å². The van der Waals surface area contributed by atoms with E-state index in [9.17, 15) is 19.5 Å². The lowest BCUT2D eigenvalue weighted by Gasteiger charge is -2.20. The number of hydrogen-bond donors (Lipinski definition) is 3. The Labute approximate surface area is 138 Å². The van der Waals surface area contributed by atoms with Crippen LogP contribution in [-0.4, -0.2) is 44.9 Å². The Balaban J connectivity index is 1.53. The molecule has 1 aliphatic rings. The van der Waals surface area contributed by atoms with Crippen LogP contribution in [0, 0.1) is 5.41 Å². The number of carboxylic acid groups (broad SMARTS) is 1. The maximum absolute atomic E-state index is 12.2. The van der Waals surface area contributed by atoms with Gasteiger partial charge in [-0.1, -0.05) is 6.07 Å². The van der Waals surface area contributed by atoms with E-state index in [1.54, 1.807) is 11.8 Å². The minimum absolute atomic E-state index is 0.0103. The minimum Gasteiger partial charge on any atom is -0.481 e. The fourth-order valence-corrected chi connectivity index (χ4v) is 3.19. The molecule has 7 nitrogen and oxygen atoms in total. The van der Waals surface area contributed by atoms with Crippen molar-refractivity contribution in [2.75, 3.05) is 13.1 Å². The average Bonchev–Trinajstić information content (AvgIpc) is 3.10. The molecular formula is C17H21N3O4.